The number of benzene rings is 8. The number of rotatable bonds is 6. The lowest BCUT2D eigenvalue weighted by Gasteiger charge is -2.13. The van der Waals surface area contributed by atoms with Gasteiger partial charge in [0, 0.05) is 57.0 Å². The molecule has 0 aliphatic carbocycles. The van der Waals surface area contributed by atoms with E-state index in [-0.39, 0.29) is 0 Å². The Morgan fingerprint density at radius 2 is 0.750 bits per heavy atom. The van der Waals surface area contributed by atoms with Crippen molar-refractivity contribution in [2.24, 2.45) is 0 Å². The van der Waals surface area contributed by atoms with Gasteiger partial charge in [0.25, 0.3) is 0 Å². The molecule has 0 unspecified atom stereocenters. The van der Waals surface area contributed by atoms with E-state index < -0.39 is 0 Å². The van der Waals surface area contributed by atoms with Crippen molar-refractivity contribution >= 4 is 63.0 Å². The Morgan fingerprint density at radius 1 is 0.286 bits per heavy atom. The third kappa shape index (κ3) is 5.60. The van der Waals surface area contributed by atoms with E-state index in [1.165, 1.54) is 46.1 Å². The Labute approximate surface area is 331 Å². The van der Waals surface area contributed by atoms with Crippen molar-refractivity contribution < 1.29 is 0 Å². The third-order valence-corrected chi connectivity index (χ3v) is 12.9. The second-order valence-corrected chi connectivity index (χ2v) is 16.1. The molecular weight excluding hydrogens is 719 g/mol. The van der Waals surface area contributed by atoms with Gasteiger partial charge in [0.15, 0.2) is 17.5 Å². The zero-order valence-corrected chi connectivity index (χ0v) is 31.7. The molecular formula is C51H31N3S2. The zero-order chi connectivity index (χ0) is 37.0. The maximum atomic E-state index is 5.42. The molecule has 0 saturated carbocycles. The van der Waals surface area contributed by atoms with Gasteiger partial charge in [-0.2, -0.15) is 0 Å². The van der Waals surface area contributed by atoms with Crippen LogP contribution in [0, 0.1) is 0 Å². The summed E-state index contributed by atoms with van der Waals surface area (Å²) in [6, 6.07) is 66.7. The summed E-state index contributed by atoms with van der Waals surface area (Å²) >= 11 is 3.61. The predicted octanol–water partition coefficient (Wildman–Crippen LogP) is 14.6. The number of nitrogens with zero attached hydrogens (tertiary/aromatic N) is 3. The zero-order valence-electron chi connectivity index (χ0n) is 30.1. The topological polar surface area (TPSA) is 38.7 Å². The molecule has 11 rings (SSSR count). The first kappa shape index (κ1) is 32.6. The highest BCUT2D eigenvalue weighted by Gasteiger charge is 2.21. The number of thiophene rings is 2. The van der Waals surface area contributed by atoms with Crippen LogP contribution >= 0.6 is 22.7 Å². The lowest BCUT2D eigenvalue weighted by molar-refractivity contribution is 1.08. The summed E-state index contributed by atoms with van der Waals surface area (Å²) in [5.74, 6) is 1.95. The van der Waals surface area contributed by atoms with Gasteiger partial charge >= 0.3 is 0 Å². The predicted molar refractivity (Wildman–Crippen MR) is 238 cm³/mol. The second-order valence-electron chi connectivity index (χ2n) is 13.9. The van der Waals surface area contributed by atoms with E-state index in [9.17, 15) is 0 Å². The molecule has 0 amide bonds. The summed E-state index contributed by atoms with van der Waals surface area (Å²) in [6.45, 7) is 0. The Kier molecular flexibility index (Phi) is 7.87. The fourth-order valence-corrected chi connectivity index (χ4v) is 10.3. The smallest absolute Gasteiger partial charge is 0.165 e. The molecule has 8 aromatic carbocycles. The van der Waals surface area contributed by atoms with E-state index in [0.29, 0.717) is 17.5 Å². The molecule has 3 nitrogen and oxygen atoms in total. The van der Waals surface area contributed by atoms with Crippen molar-refractivity contribution in [1.29, 1.82) is 0 Å². The first-order chi connectivity index (χ1) is 27.7. The van der Waals surface area contributed by atoms with Crippen molar-refractivity contribution in [2.75, 3.05) is 0 Å². The van der Waals surface area contributed by atoms with Crippen LogP contribution in [-0.4, -0.2) is 15.0 Å². The molecule has 0 fully saturated rings. The maximum absolute atomic E-state index is 5.42. The maximum Gasteiger partial charge on any atom is 0.165 e. The van der Waals surface area contributed by atoms with Crippen molar-refractivity contribution in [2.45, 2.75) is 0 Å². The van der Waals surface area contributed by atoms with E-state index in [2.05, 4.69) is 188 Å². The average Bonchev–Trinajstić information content (AvgIpc) is 3.86. The number of hydrogen-bond donors (Lipinski definition) is 0. The van der Waals surface area contributed by atoms with E-state index in [0.717, 1.165) is 44.3 Å². The molecule has 0 aliphatic heterocycles. The molecule has 11 aromatic rings. The van der Waals surface area contributed by atoms with Crippen molar-refractivity contribution in [3.63, 3.8) is 0 Å². The molecule has 0 aliphatic rings. The van der Waals surface area contributed by atoms with Crippen LogP contribution < -0.4 is 0 Å². The molecule has 0 N–H and O–H groups in total. The monoisotopic (exact) mass is 749 g/mol. The van der Waals surface area contributed by atoms with Gasteiger partial charge in [-0.3, -0.25) is 0 Å². The summed E-state index contributed by atoms with van der Waals surface area (Å²) in [6.07, 6.45) is 0. The van der Waals surface area contributed by atoms with Gasteiger partial charge in [0.2, 0.25) is 0 Å². The average molecular weight is 750 g/mol. The van der Waals surface area contributed by atoms with Crippen LogP contribution in [0.1, 0.15) is 0 Å². The van der Waals surface area contributed by atoms with E-state index in [1.807, 2.05) is 11.3 Å². The Hall–Kier alpha value is -6.79. The van der Waals surface area contributed by atoms with Crippen LogP contribution in [0.25, 0.3) is 108 Å². The minimum atomic E-state index is 0.637. The van der Waals surface area contributed by atoms with Crippen molar-refractivity contribution in [3.8, 4) is 67.5 Å². The molecule has 262 valence electrons. The minimum Gasteiger partial charge on any atom is -0.208 e. The van der Waals surface area contributed by atoms with Crippen molar-refractivity contribution in [3.05, 3.63) is 188 Å². The van der Waals surface area contributed by atoms with Gasteiger partial charge in [-0.05, 0) is 75.8 Å². The molecule has 0 saturated heterocycles. The van der Waals surface area contributed by atoms with Gasteiger partial charge in [-0.25, -0.2) is 15.0 Å². The van der Waals surface area contributed by atoms with Gasteiger partial charge < -0.3 is 0 Å². The van der Waals surface area contributed by atoms with E-state index >= 15 is 0 Å². The summed E-state index contributed by atoms with van der Waals surface area (Å²) < 4.78 is 4.86. The van der Waals surface area contributed by atoms with Gasteiger partial charge in [0.05, 0.1) is 0 Å². The van der Waals surface area contributed by atoms with E-state index in [4.69, 9.17) is 15.0 Å². The van der Waals surface area contributed by atoms with Crippen LogP contribution in [0.15, 0.2) is 188 Å². The molecule has 0 spiro atoms. The molecule has 0 radical (unpaired) electrons. The van der Waals surface area contributed by atoms with Crippen molar-refractivity contribution in [1.82, 2.24) is 15.0 Å². The highest BCUT2D eigenvalue weighted by Crippen LogP contribution is 2.45. The van der Waals surface area contributed by atoms with Crippen LogP contribution in [0.4, 0.5) is 0 Å². The SMILES string of the molecule is c1ccc(-c2cc(-c3ccccc3)cc(-c3nc(-c4cccc5c4sc4ccccc45)nc(-c4cccc5sc6cccc(-c7ccccc7)c6c45)n3)c2)cc1. The van der Waals surface area contributed by atoms with Crippen LogP contribution in [0.2, 0.25) is 0 Å². The van der Waals surface area contributed by atoms with Crippen LogP contribution in [0.5, 0.6) is 0 Å². The van der Waals surface area contributed by atoms with Crippen LogP contribution in [0.3, 0.4) is 0 Å². The summed E-state index contributed by atoms with van der Waals surface area (Å²) in [4.78, 5) is 16.2. The molecule has 3 aromatic heterocycles. The summed E-state index contributed by atoms with van der Waals surface area (Å²) in [7, 11) is 0. The number of fused-ring (bicyclic) bond motifs is 6. The Morgan fingerprint density at radius 3 is 1.43 bits per heavy atom. The molecule has 5 heteroatoms. The highest BCUT2D eigenvalue weighted by atomic mass is 32.1. The Balaban J connectivity index is 1.21. The normalized spacial score (nSPS) is 11.6. The summed E-state index contributed by atoms with van der Waals surface area (Å²) in [5.41, 5.74) is 9.81. The van der Waals surface area contributed by atoms with Gasteiger partial charge in [-0.15, -0.1) is 22.7 Å². The fourth-order valence-electron chi connectivity index (χ4n) is 7.93. The van der Waals surface area contributed by atoms with Gasteiger partial charge in [-0.1, -0.05) is 146 Å². The standard InChI is InChI=1S/C51H31N3S2/c1-4-15-32(16-5-1)35-29-36(33-17-6-2-7-18-33)31-37(30-35)49-52-50(54-51(53-49)42-25-12-23-40-39-21-10-11-26-43(39)56-48(40)42)41-24-14-28-45-47(41)46-38(22-13-27-44(46)55-45)34-19-8-3-9-20-34/h1-31H. The third-order valence-electron chi connectivity index (χ3n) is 10.5. The Bertz CT molecular complexity index is 3180. The molecule has 0 atom stereocenters. The second kappa shape index (κ2) is 13.5. The highest BCUT2D eigenvalue weighted by molar-refractivity contribution is 7.26. The lowest BCUT2D eigenvalue weighted by Crippen LogP contribution is -2.01. The molecule has 3 heterocycles. The fraction of sp³-hybridized carbons (Fsp3) is 0. The first-order valence-corrected chi connectivity index (χ1v) is 20.3. The summed E-state index contributed by atoms with van der Waals surface area (Å²) in [5, 5.41) is 4.84. The minimum absolute atomic E-state index is 0.637. The number of aromatic nitrogens is 3. The van der Waals surface area contributed by atoms with E-state index in [1.54, 1.807) is 11.3 Å². The lowest BCUT2D eigenvalue weighted by atomic mass is 9.95. The molecule has 0 bridgehead atoms. The quantitative estimate of drug-likeness (QED) is 0.170. The largest absolute Gasteiger partial charge is 0.208 e. The number of hydrogen-bond acceptors (Lipinski definition) is 5. The first-order valence-electron chi connectivity index (χ1n) is 18.7. The molecule has 56 heavy (non-hydrogen) atoms. The van der Waals surface area contributed by atoms with Gasteiger partial charge in [0.1, 0.15) is 0 Å². The van der Waals surface area contributed by atoms with Crippen LogP contribution in [-0.2, 0) is 0 Å².